The third-order valence-electron chi connectivity index (χ3n) is 4.19. The van der Waals surface area contributed by atoms with E-state index in [1.165, 1.54) is 52.0 Å². The summed E-state index contributed by atoms with van der Waals surface area (Å²) in [5, 5.41) is 0.471. The molecule has 0 aliphatic carbocycles. The maximum absolute atomic E-state index is 2.58. The smallest absolute Gasteiger partial charge is 0.0765 e. The van der Waals surface area contributed by atoms with E-state index < -0.39 is 0 Å². The molecule has 2 heterocycles. The first-order chi connectivity index (χ1) is 11.6. The number of para-hydroxylation sites is 1. The lowest BCUT2D eigenvalue weighted by Gasteiger charge is -2.31. The van der Waals surface area contributed by atoms with Gasteiger partial charge in [0.2, 0.25) is 0 Å². The third kappa shape index (κ3) is 4.72. The molecule has 2 aromatic rings. The zero-order valence-electron chi connectivity index (χ0n) is 14.7. The van der Waals surface area contributed by atoms with Crippen molar-refractivity contribution in [2.75, 3.05) is 32.1 Å². The highest BCUT2D eigenvalue weighted by atomic mass is 32.2. The normalized spacial score (nSPS) is 16.6. The Labute approximate surface area is 158 Å². The van der Waals surface area contributed by atoms with E-state index in [4.69, 9.17) is 0 Å². The van der Waals surface area contributed by atoms with Gasteiger partial charge in [0.05, 0.1) is 8.42 Å². The van der Waals surface area contributed by atoms with Gasteiger partial charge in [-0.15, -0.1) is 23.1 Å². The van der Waals surface area contributed by atoms with Crippen LogP contribution in [0.3, 0.4) is 0 Å². The molecule has 3 rings (SSSR count). The van der Waals surface area contributed by atoms with Gasteiger partial charge in [0.1, 0.15) is 0 Å². The lowest BCUT2D eigenvalue weighted by molar-refractivity contribution is 0.576. The average molecular weight is 379 g/mol. The van der Waals surface area contributed by atoms with E-state index in [2.05, 4.69) is 66.6 Å². The van der Waals surface area contributed by atoms with Gasteiger partial charge in [0.25, 0.3) is 0 Å². The Bertz CT molecular complexity index is 648. The minimum Gasteiger partial charge on any atom is -0.371 e. The second-order valence-electron chi connectivity index (χ2n) is 6.34. The number of thiophene rings is 1. The van der Waals surface area contributed by atoms with Crippen molar-refractivity contribution in [3.63, 3.8) is 0 Å². The Kier molecular flexibility index (Phi) is 6.56. The van der Waals surface area contributed by atoms with Gasteiger partial charge >= 0.3 is 0 Å². The maximum Gasteiger partial charge on any atom is 0.0765 e. The highest BCUT2D eigenvalue weighted by Crippen LogP contribution is 2.43. The molecule has 24 heavy (non-hydrogen) atoms. The molecular formula is C19H26N2S3. The van der Waals surface area contributed by atoms with E-state index in [-0.39, 0.29) is 0 Å². The van der Waals surface area contributed by atoms with Crippen LogP contribution in [0.2, 0.25) is 0 Å². The molecule has 0 spiro atoms. The van der Waals surface area contributed by atoms with Crippen molar-refractivity contribution in [1.29, 1.82) is 0 Å². The summed E-state index contributed by atoms with van der Waals surface area (Å²) in [4.78, 5) is 2.58. The molecule has 5 heteroatoms. The van der Waals surface area contributed by atoms with Crippen LogP contribution in [-0.2, 0) is 0 Å². The molecule has 1 aliphatic heterocycles. The zero-order valence-corrected chi connectivity index (χ0v) is 17.1. The first-order valence-corrected chi connectivity index (χ1v) is 11.1. The molecule has 0 bridgehead atoms. The monoisotopic (exact) mass is 378 g/mol. The third-order valence-corrected chi connectivity index (χ3v) is 7.54. The Morgan fingerprint density at radius 3 is 2.46 bits per heavy atom. The number of hydrogen-bond acceptors (Lipinski definition) is 5. The molecule has 1 unspecified atom stereocenters. The molecule has 130 valence electrons. The van der Waals surface area contributed by atoms with Crippen molar-refractivity contribution in [3.8, 4) is 0 Å². The summed E-state index contributed by atoms with van der Waals surface area (Å²) in [6.07, 6.45) is 4.03. The average Bonchev–Trinajstić information content (AvgIpc) is 3.01. The van der Waals surface area contributed by atoms with Crippen LogP contribution in [0.5, 0.6) is 0 Å². The summed E-state index contributed by atoms with van der Waals surface area (Å²) >= 11 is 5.68. The topological polar surface area (TPSA) is 6.48 Å². The van der Waals surface area contributed by atoms with Crippen molar-refractivity contribution in [1.82, 2.24) is 4.31 Å². The number of hydrogen-bond donors (Lipinski definition) is 0. The van der Waals surface area contributed by atoms with E-state index in [0.717, 1.165) is 0 Å². The van der Waals surface area contributed by atoms with Gasteiger partial charge in [-0.2, -0.15) is 0 Å². The number of thioether (sulfide) groups is 1. The van der Waals surface area contributed by atoms with Crippen molar-refractivity contribution in [2.45, 2.75) is 39.9 Å². The minimum absolute atomic E-state index is 0.471. The summed E-state index contributed by atoms with van der Waals surface area (Å²) in [5.74, 6) is 0. The quantitative estimate of drug-likeness (QED) is 0.438. The lowest BCUT2D eigenvalue weighted by Crippen LogP contribution is -2.30. The van der Waals surface area contributed by atoms with Gasteiger partial charge in [-0.1, -0.05) is 18.2 Å². The Morgan fingerprint density at radius 2 is 1.71 bits per heavy atom. The molecular weight excluding hydrogens is 352 g/mol. The van der Waals surface area contributed by atoms with E-state index in [1.54, 1.807) is 11.9 Å². The summed E-state index contributed by atoms with van der Waals surface area (Å²) in [5.41, 5.74) is 2.91. The maximum atomic E-state index is 2.58. The van der Waals surface area contributed by atoms with Crippen molar-refractivity contribution in [3.05, 3.63) is 42.0 Å². The van der Waals surface area contributed by atoms with Crippen molar-refractivity contribution < 1.29 is 0 Å². The molecule has 0 N–H and O–H groups in total. The molecule has 1 aromatic heterocycles. The van der Waals surface area contributed by atoms with Gasteiger partial charge in [-0.3, -0.25) is 4.31 Å². The van der Waals surface area contributed by atoms with Crippen LogP contribution < -0.4 is 4.90 Å². The SMILES string of the molecule is CC(Sc1ccc(SN(C)C)s1)c1ccccc1N1CCCCC1. The van der Waals surface area contributed by atoms with Crippen LogP contribution in [0, 0.1) is 0 Å². The van der Waals surface area contributed by atoms with E-state index >= 15 is 0 Å². The van der Waals surface area contributed by atoms with Crippen LogP contribution >= 0.6 is 35.0 Å². The number of anilines is 1. The minimum atomic E-state index is 0.471. The predicted octanol–water partition coefficient (Wildman–Crippen LogP) is 6.16. The van der Waals surface area contributed by atoms with E-state index in [0.29, 0.717) is 5.25 Å². The van der Waals surface area contributed by atoms with Gasteiger partial charge in [0.15, 0.2) is 0 Å². The number of rotatable bonds is 6. The fourth-order valence-electron chi connectivity index (χ4n) is 3.09. The first-order valence-electron chi connectivity index (χ1n) is 8.59. The predicted molar refractivity (Wildman–Crippen MR) is 111 cm³/mol. The van der Waals surface area contributed by atoms with Gasteiger partial charge in [0, 0.05) is 24.0 Å². The Morgan fingerprint density at radius 1 is 1.00 bits per heavy atom. The summed E-state index contributed by atoms with van der Waals surface area (Å²) < 4.78 is 4.91. The number of benzene rings is 1. The molecule has 0 radical (unpaired) electrons. The standard InChI is InChI=1S/C19H26N2S3/c1-15(22-18-11-12-19(23-18)24-20(2)3)16-9-5-6-10-17(16)21-13-7-4-8-14-21/h5-6,9-12,15H,4,7-8,13-14H2,1-3H3. The van der Waals surface area contributed by atoms with Gasteiger partial charge < -0.3 is 4.90 Å². The fourth-order valence-corrected chi connectivity index (χ4v) is 6.79. The van der Waals surface area contributed by atoms with Gasteiger partial charge in [-0.25, -0.2) is 0 Å². The fraction of sp³-hybridized carbons (Fsp3) is 0.474. The first kappa shape index (κ1) is 18.2. The Hall–Kier alpha value is -0.620. The molecule has 2 nitrogen and oxygen atoms in total. The molecule has 1 aliphatic rings. The van der Waals surface area contributed by atoms with Crippen LogP contribution in [0.25, 0.3) is 0 Å². The second-order valence-corrected chi connectivity index (χ2v) is 10.7. The van der Waals surface area contributed by atoms with Crippen LogP contribution in [0.4, 0.5) is 5.69 Å². The molecule has 1 fully saturated rings. The second kappa shape index (κ2) is 8.65. The van der Waals surface area contributed by atoms with Crippen LogP contribution in [0.15, 0.2) is 44.8 Å². The van der Waals surface area contributed by atoms with E-state index in [9.17, 15) is 0 Å². The van der Waals surface area contributed by atoms with Crippen LogP contribution in [-0.4, -0.2) is 31.5 Å². The molecule has 1 saturated heterocycles. The summed E-state index contributed by atoms with van der Waals surface area (Å²) in [6.45, 7) is 4.75. The van der Waals surface area contributed by atoms with Crippen LogP contribution in [0.1, 0.15) is 37.0 Å². The molecule has 0 saturated carbocycles. The summed E-state index contributed by atoms with van der Waals surface area (Å²) in [6, 6.07) is 13.5. The zero-order chi connectivity index (χ0) is 16.9. The van der Waals surface area contributed by atoms with Crippen molar-refractivity contribution in [2.24, 2.45) is 0 Å². The van der Waals surface area contributed by atoms with Gasteiger partial charge in [-0.05, 0) is 76.0 Å². The number of nitrogens with zero attached hydrogens (tertiary/aromatic N) is 2. The summed E-state index contributed by atoms with van der Waals surface area (Å²) in [7, 11) is 4.18. The van der Waals surface area contributed by atoms with E-state index in [1.807, 2.05) is 23.1 Å². The largest absolute Gasteiger partial charge is 0.371 e. The highest BCUT2D eigenvalue weighted by Gasteiger charge is 2.18. The Balaban J connectivity index is 1.72. The lowest BCUT2D eigenvalue weighted by atomic mass is 10.1. The molecule has 1 atom stereocenters. The highest BCUT2D eigenvalue weighted by molar-refractivity contribution is 8.02. The van der Waals surface area contributed by atoms with Crippen molar-refractivity contribution >= 4 is 40.7 Å². The number of piperidine rings is 1. The molecule has 1 aromatic carbocycles. The molecule has 0 amide bonds.